The predicted molar refractivity (Wildman–Crippen MR) is 81.2 cm³/mol. The van der Waals surface area contributed by atoms with Crippen molar-refractivity contribution >= 4 is 41.5 Å². The van der Waals surface area contributed by atoms with Crippen molar-refractivity contribution in [3.8, 4) is 10.1 Å². The molecule has 106 valence electrons. The van der Waals surface area contributed by atoms with Gasteiger partial charge in [-0.25, -0.2) is 0 Å². The van der Waals surface area contributed by atoms with Crippen LogP contribution in [0.15, 0.2) is 35.4 Å². The molecule has 0 aliphatic rings. The van der Waals surface area contributed by atoms with Crippen molar-refractivity contribution in [1.82, 2.24) is 4.98 Å². The van der Waals surface area contributed by atoms with Gasteiger partial charge in [0.25, 0.3) is 0 Å². The molecule has 0 bridgehead atoms. The van der Waals surface area contributed by atoms with Crippen LogP contribution in [0.5, 0.6) is 0 Å². The van der Waals surface area contributed by atoms with Crippen LogP contribution < -0.4 is 10.9 Å². The van der Waals surface area contributed by atoms with Gasteiger partial charge in [0.05, 0.1) is 0 Å². The average molecular weight is 375 g/mol. The fourth-order valence-electron chi connectivity index (χ4n) is 1.44. The van der Waals surface area contributed by atoms with E-state index in [-0.39, 0.29) is 24.6 Å². The summed E-state index contributed by atoms with van der Waals surface area (Å²) in [6.07, 6.45) is 1.79. The number of nitrogens with one attached hydrogen (secondary N) is 1. The molecule has 2 aromatic rings. The summed E-state index contributed by atoms with van der Waals surface area (Å²) in [5, 5.41) is 12.3. The Labute approximate surface area is 126 Å². The van der Waals surface area contributed by atoms with Crippen molar-refractivity contribution in [2.24, 2.45) is 10.9 Å². The maximum atomic E-state index is 11.2. The molecule has 9 heteroatoms. The molecule has 20 heavy (non-hydrogen) atoms. The molecule has 0 saturated carbocycles. The van der Waals surface area contributed by atoms with Gasteiger partial charge in [-0.3, -0.25) is 0 Å². The summed E-state index contributed by atoms with van der Waals surface area (Å²) in [6.45, 7) is 0. The van der Waals surface area contributed by atoms with Crippen molar-refractivity contribution in [2.75, 3.05) is 0 Å². The minimum atomic E-state index is -3.66. The molecule has 0 fully saturated rings. The number of nitrogens with zero attached hydrogens (tertiary/aromatic N) is 1. The fraction of sp³-hybridized carbons (Fsp3) is 0.0909. The van der Waals surface area contributed by atoms with E-state index in [2.05, 4.69) is 4.98 Å². The number of thioether (sulfide) groups is 1. The van der Waals surface area contributed by atoms with E-state index in [4.69, 9.17) is 16.3 Å². The number of sulfonamides is 1. The number of hydrogen-bond donors (Lipinski definition) is 3. The Kier molecular flexibility index (Phi) is 4.66. The molecule has 0 atom stereocenters. The van der Waals surface area contributed by atoms with Crippen LogP contribution in [0.25, 0.3) is 10.1 Å². The fourth-order valence-corrected chi connectivity index (χ4v) is 4.63. The van der Waals surface area contributed by atoms with Gasteiger partial charge < -0.3 is 0 Å². The van der Waals surface area contributed by atoms with Crippen molar-refractivity contribution in [3.63, 3.8) is 0 Å². The molecule has 0 radical (unpaired) electrons. The van der Waals surface area contributed by atoms with Crippen LogP contribution in [-0.4, -0.2) is 33.1 Å². The Morgan fingerprint density at radius 3 is 2.55 bits per heavy atom. The Balaban J connectivity index is 2.18. The molecule has 0 aliphatic carbocycles. The van der Waals surface area contributed by atoms with E-state index in [0.29, 0.717) is 5.75 Å². The normalized spacial score (nSPS) is 11.4. The molecule has 0 unspecified atom stereocenters. The number of aromatic nitrogens is 1. The standard InChI is InChI=1S/C11H12N4O2S2Se/c12-11(13)18-6-9-5-15-10(20-9)7-1-3-8(4-2-7)19(14,16)17/h1-5H,6H2,(H3,12,13)(H2,14,16,17). The van der Waals surface area contributed by atoms with Crippen molar-refractivity contribution in [2.45, 2.75) is 10.6 Å². The first-order chi connectivity index (χ1) is 9.36. The molecule has 0 aliphatic heterocycles. The van der Waals surface area contributed by atoms with Crippen LogP contribution in [0.4, 0.5) is 0 Å². The number of rotatable bonds is 4. The van der Waals surface area contributed by atoms with Crippen LogP contribution in [-0.2, 0) is 15.8 Å². The first-order valence-electron chi connectivity index (χ1n) is 5.41. The van der Waals surface area contributed by atoms with Gasteiger partial charge in [-0.2, -0.15) is 0 Å². The zero-order valence-corrected chi connectivity index (χ0v) is 13.6. The Morgan fingerprint density at radius 2 is 2.00 bits per heavy atom. The van der Waals surface area contributed by atoms with Crippen molar-refractivity contribution in [1.29, 1.82) is 5.41 Å². The molecular formula is C11H12N4O2S2Se. The first kappa shape index (κ1) is 15.3. The summed E-state index contributed by atoms with van der Waals surface area (Å²) in [5.74, 6) is 0.664. The van der Waals surface area contributed by atoms with E-state index in [1.807, 2.05) is 0 Å². The monoisotopic (exact) mass is 376 g/mol. The maximum absolute atomic E-state index is 11.2. The third-order valence-electron chi connectivity index (χ3n) is 2.35. The zero-order chi connectivity index (χ0) is 14.8. The van der Waals surface area contributed by atoms with E-state index < -0.39 is 10.0 Å². The summed E-state index contributed by atoms with van der Waals surface area (Å²) in [6, 6.07) is 6.36. The second-order valence-electron chi connectivity index (χ2n) is 3.85. The minimum absolute atomic E-state index is 0.0750. The van der Waals surface area contributed by atoms with Crippen LogP contribution in [0.2, 0.25) is 0 Å². The molecule has 2 rings (SSSR count). The van der Waals surface area contributed by atoms with E-state index in [1.165, 1.54) is 23.9 Å². The number of benzene rings is 1. The molecular weight excluding hydrogens is 363 g/mol. The third kappa shape index (κ3) is 3.94. The Morgan fingerprint density at radius 1 is 1.35 bits per heavy atom. The quantitative estimate of drug-likeness (QED) is 0.410. The molecule has 1 aromatic heterocycles. The SMILES string of the molecule is N=C(N)SCc1cnc(-c2ccc(S(N)(=O)=O)cc2)[se]1. The number of nitrogens with two attached hydrogens (primary N) is 2. The molecule has 6 nitrogen and oxygen atoms in total. The van der Waals surface area contributed by atoms with Crippen molar-refractivity contribution < 1.29 is 8.42 Å². The van der Waals surface area contributed by atoms with E-state index in [1.54, 1.807) is 18.3 Å². The van der Waals surface area contributed by atoms with Gasteiger partial charge in [0, 0.05) is 0 Å². The molecule has 1 aromatic carbocycles. The second-order valence-corrected chi connectivity index (χ2v) is 8.77. The summed E-state index contributed by atoms with van der Waals surface area (Å²) in [5.41, 5.74) is 6.18. The van der Waals surface area contributed by atoms with Gasteiger partial charge in [0.1, 0.15) is 0 Å². The van der Waals surface area contributed by atoms with E-state index in [0.717, 1.165) is 14.6 Å². The van der Waals surface area contributed by atoms with E-state index >= 15 is 0 Å². The summed E-state index contributed by atoms with van der Waals surface area (Å²) < 4.78 is 24.4. The van der Waals surface area contributed by atoms with Crippen LogP contribution >= 0.6 is 11.8 Å². The first-order valence-corrected chi connectivity index (χ1v) is 9.65. The number of primary sulfonamides is 1. The van der Waals surface area contributed by atoms with E-state index in [9.17, 15) is 8.42 Å². The van der Waals surface area contributed by atoms with Gasteiger partial charge in [-0.05, 0) is 0 Å². The molecule has 0 spiro atoms. The number of amidine groups is 1. The van der Waals surface area contributed by atoms with Crippen LogP contribution in [0.1, 0.15) is 4.44 Å². The number of hydrogen-bond acceptors (Lipinski definition) is 5. The summed E-state index contributed by atoms with van der Waals surface area (Å²) >= 11 is 1.35. The topological polar surface area (TPSA) is 123 Å². The van der Waals surface area contributed by atoms with Crippen molar-refractivity contribution in [3.05, 3.63) is 34.9 Å². The molecule has 5 N–H and O–H groups in total. The second kappa shape index (κ2) is 6.11. The van der Waals surface area contributed by atoms with Gasteiger partial charge in [-0.1, -0.05) is 0 Å². The average Bonchev–Trinajstić information content (AvgIpc) is 2.84. The van der Waals surface area contributed by atoms with Gasteiger partial charge >= 0.3 is 127 Å². The molecule has 0 amide bonds. The van der Waals surface area contributed by atoms with Crippen LogP contribution in [0.3, 0.4) is 0 Å². The summed E-state index contributed by atoms with van der Waals surface area (Å²) in [7, 11) is -3.66. The summed E-state index contributed by atoms with van der Waals surface area (Å²) in [4.78, 5) is 4.42. The zero-order valence-electron chi connectivity index (χ0n) is 10.2. The third-order valence-corrected chi connectivity index (χ3v) is 6.66. The molecule has 0 saturated heterocycles. The van der Waals surface area contributed by atoms with Gasteiger partial charge in [0.2, 0.25) is 0 Å². The molecule has 1 heterocycles. The Bertz CT molecular complexity index is 725. The predicted octanol–water partition coefficient (Wildman–Crippen LogP) is 0.580. The van der Waals surface area contributed by atoms with Gasteiger partial charge in [0.15, 0.2) is 0 Å². The van der Waals surface area contributed by atoms with Crippen LogP contribution in [0, 0.1) is 5.41 Å². The van der Waals surface area contributed by atoms with Gasteiger partial charge in [-0.15, -0.1) is 0 Å². The Hall–Kier alpha value is -1.12.